The summed E-state index contributed by atoms with van der Waals surface area (Å²) in [6, 6.07) is 15.4. The fourth-order valence-electron chi connectivity index (χ4n) is 2.65. The second-order valence-electron chi connectivity index (χ2n) is 5.58. The van der Waals surface area contributed by atoms with Gasteiger partial charge in [-0.25, -0.2) is 14.4 Å². The number of hydrogen-bond donors (Lipinski definition) is 1. The normalized spacial score (nSPS) is 20.6. The Bertz CT molecular complexity index is 743. The molecule has 1 unspecified atom stereocenters. The summed E-state index contributed by atoms with van der Waals surface area (Å²) < 4.78 is 13.2. The van der Waals surface area contributed by atoms with Crippen molar-refractivity contribution < 1.29 is 9.18 Å². The van der Waals surface area contributed by atoms with E-state index in [2.05, 4.69) is 10.4 Å². The highest BCUT2D eigenvalue weighted by Gasteiger charge is 2.45. The zero-order valence-corrected chi connectivity index (χ0v) is 13.1. The maximum atomic E-state index is 13.2. The van der Waals surface area contributed by atoms with E-state index in [1.807, 2.05) is 37.3 Å². The third kappa shape index (κ3) is 2.70. The number of carbonyl (C=O) groups is 1. The highest BCUT2D eigenvalue weighted by Crippen LogP contribution is 2.34. The van der Waals surface area contributed by atoms with Crippen molar-refractivity contribution >= 4 is 17.4 Å². The van der Waals surface area contributed by atoms with E-state index in [4.69, 9.17) is 0 Å². The summed E-state index contributed by atoms with van der Waals surface area (Å²) in [5.41, 5.74) is 3.55. The van der Waals surface area contributed by atoms with Crippen LogP contribution in [0.15, 0.2) is 59.6 Å². The van der Waals surface area contributed by atoms with Gasteiger partial charge in [-0.2, -0.15) is 0 Å². The molecular weight excluding hydrogens is 293 g/mol. The molecule has 0 radical (unpaired) electrons. The third-order valence-corrected chi connectivity index (χ3v) is 3.97. The highest BCUT2D eigenvalue weighted by atomic mass is 19.1. The van der Waals surface area contributed by atoms with E-state index in [0.29, 0.717) is 17.8 Å². The van der Waals surface area contributed by atoms with Crippen LogP contribution in [0.4, 0.5) is 10.1 Å². The van der Waals surface area contributed by atoms with Crippen LogP contribution in [0, 0.1) is 5.82 Å². The first kappa shape index (κ1) is 15.2. The zero-order chi connectivity index (χ0) is 16.4. The van der Waals surface area contributed by atoms with E-state index in [1.165, 1.54) is 17.1 Å². The summed E-state index contributed by atoms with van der Waals surface area (Å²) in [5, 5.41) is 1.48. The van der Waals surface area contributed by atoms with Gasteiger partial charge in [0.1, 0.15) is 11.7 Å². The number of para-hydroxylation sites is 1. The molecule has 2 aromatic rings. The number of halogens is 1. The monoisotopic (exact) mass is 311 g/mol. The summed E-state index contributed by atoms with van der Waals surface area (Å²) in [6.07, 6.45) is 0.613. The molecule has 0 aromatic heterocycles. The molecule has 1 heterocycles. The molecule has 1 amide bonds. The van der Waals surface area contributed by atoms with Crippen molar-refractivity contribution in [1.29, 1.82) is 0 Å². The summed E-state index contributed by atoms with van der Waals surface area (Å²) in [7, 11) is 0. The van der Waals surface area contributed by atoms with Crippen LogP contribution in [-0.4, -0.2) is 16.8 Å². The van der Waals surface area contributed by atoms with Gasteiger partial charge in [0.25, 0.3) is 5.91 Å². The number of nitrogens with zero attached hydrogens (tertiary/aromatic N) is 2. The van der Waals surface area contributed by atoms with Gasteiger partial charge in [0.05, 0.1) is 5.69 Å². The number of benzene rings is 2. The van der Waals surface area contributed by atoms with E-state index in [9.17, 15) is 9.18 Å². The molecule has 5 heteroatoms. The predicted molar refractivity (Wildman–Crippen MR) is 88.4 cm³/mol. The van der Waals surface area contributed by atoms with E-state index in [1.54, 1.807) is 19.1 Å². The van der Waals surface area contributed by atoms with E-state index < -0.39 is 5.54 Å². The third-order valence-electron chi connectivity index (χ3n) is 3.97. The van der Waals surface area contributed by atoms with Gasteiger partial charge in [-0.05, 0) is 36.8 Å². The van der Waals surface area contributed by atoms with Gasteiger partial charge >= 0.3 is 0 Å². The number of amides is 1. The van der Waals surface area contributed by atoms with Gasteiger partial charge in [0, 0.05) is 6.42 Å². The van der Waals surface area contributed by atoms with Crippen molar-refractivity contribution in [3.8, 4) is 0 Å². The van der Waals surface area contributed by atoms with Crippen LogP contribution in [-0.2, 0) is 10.3 Å². The first-order valence-corrected chi connectivity index (χ1v) is 7.55. The van der Waals surface area contributed by atoms with Crippen molar-refractivity contribution in [2.45, 2.75) is 25.8 Å². The van der Waals surface area contributed by atoms with Crippen molar-refractivity contribution in [2.75, 3.05) is 5.43 Å². The molecule has 2 aromatic carbocycles. The Balaban J connectivity index is 1.94. The fourth-order valence-corrected chi connectivity index (χ4v) is 2.65. The first-order valence-electron chi connectivity index (χ1n) is 7.55. The zero-order valence-electron chi connectivity index (χ0n) is 13.1. The molecule has 0 bridgehead atoms. The van der Waals surface area contributed by atoms with Crippen LogP contribution in [0.25, 0.3) is 0 Å². The van der Waals surface area contributed by atoms with Crippen molar-refractivity contribution in [2.24, 2.45) is 4.99 Å². The number of hydrazine groups is 1. The summed E-state index contributed by atoms with van der Waals surface area (Å²) >= 11 is 0. The van der Waals surface area contributed by atoms with Crippen LogP contribution in [0.5, 0.6) is 0 Å². The SMILES string of the molecule is CCC1=NC(C)(c2ccc(F)cc2)C(=O)N1Nc1ccccc1. The minimum absolute atomic E-state index is 0.176. The fraction of sp³-hybridized carbons (Fsp3) is 0.222. The number of rotatable bonds is 4. The van der Waals surface area contributed by atoms with Crippen LogP contribution < -0.4 is 5.43 Å². The molecule has 1 aliphatic rings. The number of carbonyl (C=O) groups excluding carboxylic acids is 1. The molecule has 1 N–H and O–H groups in total. The lowest BCUT2D eigenvalue weighted by Crippen LogP contribution is -2.42. The van der Waals surface area contributed by atoms with Crippen molar-refractivity contribution in [1.82, 2.24) is 5.01 Å². The first-order chi connectivity index (χ1) is 11.0. The maximum Gasteiger partial charge on any atom is 0.279 e. The number of amidine groups is 1. The Morgan fingerprint density at radius 3 is 2.39 bits per heavy atom. The molecule has 0 aliphatic carbocycles. The molecule has 3 rings (SSSR count). The molecule has 0 saturated heterocycles. The van der Waals surface area contributed by atoms with E-state index in [0.717, 1.165) is 5.69 Å². The van der Waals surface area contributed by atoms with Gasteiger partial charge in [-0.1, -0.05) is 37.3 Å². The lowest BCUT2D eigenvalue weighted by molar-refractivity contribution is -0.130. The molecule has 118 valence electrons. The smallest absolute Gasteiger partial charge is 0.279 e. The predicted octanol–water partition coefficient (Wildman–Crippen LogP) is 3.72. The lowest BCUT2D eigenvalue weighted by atomic mass is 9.92. The highest BCUT2D eigenvalue weighted by molar-refractivity contribution is 6.09. The number of hydrogen-bond acceptors (Lipinski definition) is 3. The summed E-state index contributed by atoms with van der Waals surface area (Å²) in [6.45, 7) is 3.70. The second-order valence-corrected chi connectivity index (χ2v) is 5.58. The van der Waals surface area contributed by atoms with Crippen LogP contribution in [0.3, 0.4) is 0 Å². The Hall–Kier alpha value is -2.69. The quantitative estimate of drug-likeness (QED) is 0.935. The molecule has 4 nitrogen and oxygen atoms in total. The molecule has 1 aliphatic heterocycles. The second kappa shape index (κ2) is 5.83. The average molecular weight is 311 g/mol. The number of anilines is 1. The topological polar surface area (TPSA) is 44.7 Å². The molecule has 23 heavy (non-hydrogen) atoms. The minimum atomic E-state index is -1.04. The average Bonchev–Trinajstić information content (AvgIpc) is 2.82. The number of nitrogens with one attached hydrogen (secondary N) is 1. The van der Waals surface area contributed by atoms with E-state index >= 15 is 0 Å². The van der Waals surface area contributed by atoms with Gasteiger partial charge in [0.15, 0.2) is 5.54 Å². The lowest BCUT2D eigenvalue weighted by Gasteiger charge is -2.24. The van der Waals surface area contributed by atoms with Gasteiger partial charge in [-0.3, -0.25) is 10.2 Å². The van der Waals surface area contributed by atoms with Gasteiger partial charge in [-0.15, -0.1) is 0 Å². The Morgan fingerprint density at radius 2 is 1.78 bits per heavy atom. The van der Waals surface area contributed by atoms with Crippen LogP contribution >= 0.6 is 0 Å². The Morgan fingerprint density at radius 1 is 1.13 bits per heavy atom. The van der Waals surface area contributed by atoms with Crippen LogP contribution in [0.2, 0.25) is 0 Å². The number of aliphatic imine (C=N–C) groups is 1. The Labute approximate surface area is 134 Å². The molecule has 0 spiro atoms. The van der Waals surface area contributed by atoms with Crippen molar-refractivity contribution in [3.63, 3.8) is 0 Å². The van der Waals surface area contributed by atoms with E-state index in [-0.39, 0.29) is 11.7 Å². The van der Waals surface area contributed by atoms with Gasteiger partial charge in [0.2, 0.25) is 0 Å². The Kier molecular flexibility index (Phi) is 3.86. The molecule has 0 saturated carbocycles. The van der Waals surface area contributed by atoms with Gasteiger partial charge < -0.3 is 0 Å². The standard InChI is InChI=1S/C18H18FN3O/c1-3-16-20-18(2,13-9-11-14(19)12-10-13)17(23)22(16)21-15-7-5-4-6-8-15/h4-12,21H,3H2,1-2H3. The maximum absolute atomic E-state index is 13.2. The van der Waals surface area contributed by atoms with Crippen molar-refractivity contribution in [3.05, 3.63) is 66.0 Å². The minimum Gasteiger partial charge on any atom is -0.290 e. The van der Waals surface area contributed by atoms with Crippen LogP contribution in [0.1, 0.15) is 25.8 Å². The molecule has 0 fully saturated rings. The summed E-state index contributed by atoms with van der Waals surface area (Å²) in [5.74, 6) is 0.150. The molecular formula is C18H18FN3O. The largest absolute Gasteiger partial charge is 0.290 e. The molecule has 1 atom stereocenters. The summed E-state index contributed by atoms with van der Waals surface area (Å²) in [4.78, 5) is 17.5.